The number of esters is 2. The molecule has 0 aromatic heterocycles. The number of fused-ring (bicyclic) bond motifs is 5. The lowest BCUT2D eigenvalue weighted by Crippen LogP contribution is -2.49. The van der Waals surface area contributed by atoms with Crippen LogP contribution < -0.4 is 10.6 Å². The van der Waals surface area contributed by atoms with Crippen molar-refractivity contribution in [3.05, 3.63) is 75.8 Å². The molecule has 0 saturated heterocycles. The number of amides is 1. The van der Waals surface area contributed by atoms with Crippen molar-refractivity contribution in [3.8, 4) is 0 Å². The van der Waals surface area contributed by atoms with E-state index in [4.69, 9.17) is 9.47 Å². The molecule has 7 nitrogen and oxygen atoms in total. The number of carbonyl (C=O) groups is 3. The maximum atomic E-state index is 13.7. The summed E-state index contributed by atoms with van der Waals surface area (Å²) in [6.07, 6.45) is 0. The first-order chi connectivity index (χ1) is 16.4. The van der Waals surface area contributed by atoms with E-state index < -0.39 is 23.4 Å². The van der Waals surface area contributed by atoms with E-state index in [0.717, 1.165) is 10.8 Å². The summed E-state index contributed by atoms with van der Waals surface area (Å²) in [5.41, 5.74) is 0.340. The predicted molar refractivity (Wildman–Crippen MR) is 132 cm³/mol. The van der Waals surface area contributed by atoms with Crippen LogP contribution in [0.25, 0.3) is 16.3 Å². The summed E-state index contributed by atoms with van der Waals surface area (Å²) in [6, 6.07) is 16.6. The molecule has 0 saturated carbocycles. The first-order valence-electron chi connectivity index (χ1n) is 10.9. The Morgan fingerprint density at radius 1 is 0.941 bits per heavy atom. The van der Waals surface area contributed by atoms with Gasteiger partial charge in [0.2, 0.25) is 0 Å². The molecule has 1 amide bonds. The van der Waals surface area contributed by atoms with Crippen LogP contribution >= 0.6 is 15.9 Å². The molecular formula is C26H21BrN2O5. The summed E-state index contributed by atoms with van der Waals surface area (Å²) in [5.74, 6) is -1.94. The second-order valence-electron chi connectivity index (χ2n) is 7.92. The number of rotatable bonds is 4. The van der Waals surface area contributed by atoms with Crippen LogP contribution in [-0.2, 0) is 29.4 Å². The molecule has 8 heteroatoms. The monoisotopic (exact) mass is 520 g/mol. The van der Waals surface area contributed by atoms with Gasteiger partial charge in [-0.2, -0.15) is 0 Å². The Balaban J connectivity index is 1.94. The van der Waals surface area contributed by atoms with Crippen molar-refractivity contribution in [2.45, 2.75) is 19.4 Å². The number of benzene rings is 3. The number of nitrogens with one attached hydrogen (secondary N) is 2. The Morgan fingerprint density at radius 3 is 2.41 bits per heavy atom. The SMILES string of the molecule is CCOC(=O)C1=C(C(=O)OCC)C2(Nc3ccc4ccccc4c31)C(=O)Nc1ccc(Br)cc12. The van der Waals surface area contributed by atoms with Gasteiger partial charge in [-0.15, -0.1) is 0 Å². The molecular weight excluding hydrogens is 500 g/mol. The Morgan fingerprint density at radius 2 is 1.65 bits per heavy atom. The van der Waals surface area contributed by atoms with Crippen LogP contribution in [-0.4, -0.2) is 31.1 Å². The maximum absolute atomic E-state index is 13.7. The molecule has 2 N–H and O–H groups in total. The van der Waals surface area contributed by atoms with Gasteiger partial charge >= 0.3 is 11.9 Å². The summed E-state index contributed by atoms with van der Waals surface area (Å²) in [7, 11) is 0. The van der Waals surface area contributed by atoms with Crippen LogP contribution in [0.3, 0.4) is 0 Å². The molecule has 5 rings (SSSR count). The van der Waals surface area contributed by atoms with Gasteiger partial charge in [-0.25, -0.2) is 9.59 Å². The van der Waals surface area contributed by atoms with Crippen molar-refractivity contribution in [2.24, 2.45) is 0 Å². The van der Waals surface area contributed by atoms with Gasteiger partial charge in [-0.3, -0.25) is 4.79 Å². The summed E-state index contributed by atoms with van der Waals surface area (Å²) < 4.78 is 11.5. The zero-order chi connectivity index (χ0) is 24.0. The molecule has 34 heavy (non-hydrogen) atoms. The topological polar surface area (TPSA) is 93.7 Å². The predicted octanol–water partition coefficient (Wildman–Crippen LogP) is 4.76. The molecule has 0 aliphatic carbocycles. The molecule has 2 aliphatic heterocycles. The Bertz CT molecular complexity index is 1410. The van der Waals surface area contributed by atoms with Gasteiger partial charge in [0.05, 0.1) is 24.4 Å². The number of hydrogen-bond donors (Lipinski definition) is 2. The van der Waals surface area contributed by atoms with Crippen LogP contribution in [0.2, 0.25) is 0 Å². The third-order valence-corrected chi connectivity index (χ3v) is 6.55. The molecule has 1 atom stereocenters. The molecule has 2 heterocycles. The van der Waals surface area contributed by atoms with E-state index in [1.807, 2.05) is 36.4 Å². The van der Waals surface area contributed by atoms with Crippen LogP contribution in [0.15, 0.2) is 64.6 Å². The van der Waals surface area contributed by atoms with Crippen molar-refractivity contribution in [1.29, 1.82) is 0 Å². The highest BCUT2D eigenvalue weighted by Crippen LogP contribution is 2.52. The molecule has 1 spiro atoms. The summed E-state index contributed by atoms with van der Waals surface area (Å²) in [5, 5.41) is 7.80. The van der Waals surface area contributed by atoms with Crippen molar-refractivity contribution >= 4 is 61.5 Å². The van der Waals surface area contributed by atoms with Crippen LogP contribution in [0.4, 0.5) is 11.4 Å². The van der Waals surface area contributed by atoms with E-state index in [0.29, 0.717) is 27.0 Å². The molecule has 172 valence electrons. The Labute approximate surface area is 204 Å². The highest BCUT2D eigenvalue weighted by Gasteiger charge is 2.57. The van der Waals surface area contributed by atoms with Crippen molar-refractivity contribution in [2.75, 3.05) is 23.8 Å². The van der Waals surface area contributed by atoms with Gasteiger partial charge in [0.15, 0.2) is 5.54 Å². The van der Waals surface area contributed by atoms with E-state index >= 15 is 0 Å². The van der Waals surface area contributed by atoms with Gasteiger partial charge in [0, 0.05) is 27.0 Å². The first kappa shape index (κ1) is 22.2. The third kappa shape index (κ3) is 3.13. The van der Waals surface area contributed by atoms with Gasteiger partial charge in [0.25, 0.3) is 5.91 Å². The standard InChI is InChI=1S/C26H21BrN2O5/c1-3-33-23(30)21-20-16-8-6-5-7-14(16)9-11-19(20)29-26(22(21)24(31)34-4-2)17-13-15(27)10-12-18(17)28-25(26)32/h5-13,29H,3-4H2,1-2H3,(H,28,32). The van der Waals surface area contributed by atoms with E-state index in [1.165, 1.54) is 0 Å². The average molecular weight is 521 g/mol. The number of ether oxygens (including phenoxy) is 2. The van der Waals surface area contributed by atoms with Crippen molar-refractivity contribution < 1.29 is 23.9 Å². The normalized spacial score (nSPS) is 18.3. The number of carbonyl (C=O) groups excluding carboxylic acids is 3. The van der Waals surface area contributed by atoms with Gasteiger partial charge < -0.3 is 20.1 Å². The molecule has 0 fully saturated rings. The minimum atomic E-state index is -1.68. The maximum Gasteiger partial charge on any atom is 0.339 e. The highest BCUT2D eigenvalue weighted by molar-refractivity contribution is 9.10. The smallest absolute Gasteiger partial charge is 0.339 e. The van der Waals surface area contributed by atoms with Crippen molar-refractivity contribution in [1.82, 2.24) is 0 Å². The van der Waals surface area contributed by atoms with Gasteiger partial charge in [-0.05, 0) is 48.9 Å². The fraction of sp³-hybridized carbons (Fsp3) is 0.192. The summed E-state index contributed by atoms with van der Waals surface area (Å²) in [6.45, 7) is 3.54. The third-order valence-electron chi connectivity index (χ3n) is 6.06. The number of halogens is 1. The molecule has 0 radical (unpaired) electrons. The lowest BCUT2D eigenvalue weighted by molar-refractivity contribution is -0.141. The van der Waals surface area contributed by atoms with Gasteiger partial charge in [0.1, 0.15) is 0 Å². The molecule has 2 aliphatic rings. The quantitative estimate of drug-likeness (QED) is 0.482. The molecule has 3 aromatic carbocycles. The van der Waals surface area contributed by atoms with E-state index in [9.17, 15) is 14.4 Å². The van der Waals surface area contributed by atoms with Crippen LogP contribution in [0.5, 0.6) is 0 Å². The van der Waals surface area contributed by atoms with E-state index in [1.54, 1.807) is 32.0 Å². The van der Waals surface area contributed by atoms with Crippen LogP contribution in [0, 0.1) is 0 Å². The zero-order valence-corrected chi connectivity index (χ0v) is 20.1. The van der Waals surface area contributed by atoms with Crippen molar-refractivity contribution in [3.63, 3.8) is 0 Å². The second kappa shape index (κ2) is 8.29. The fourth-order valence-electron chi connectivity index (χ4n) is 4.73. The van der Waals surface area contributed by atoms with E-state index in [2.05, 4.69) is 26.6 Å². The molecule has 1 unspecified atom stereocenters. The zero-order valence-electron chi connectivity index (χ0n) is 18.5. The lowest BCUT2D eigenvalue weighted by atomic mass is 9.75. The Hall–Kier alpha value is -3.65. The molecule has 3 aromatic rings. The average Bonchev–Trinajstić information content (AvgIpc) is 3.09. The summed E-state index contributed by atoms with van der Waals surface area (Å²) >= 11 is 3.47. The second-order valence-corrected chi connectivity index (χ2v) is 8.83. The number of anilines is 2. The lowest BCUT2D eigenvalue weighted by Gasteiger charge is -2.37. The van der Waals surface area contributed by atoms with Gasteiger partial charge in [-0.1, -0.05) is 46.3 Å². The largest absolute Gasteiger partial charge is 0.463 e. The van der Waals surface area contributed by atoms with Crippen LogP contribution in [0.1, 0.15) is 25.0 Å². The highest BCUT2D eigenvalue weighted by atomic mass is 79.9. The van der Waals surface area contributed by atoms with E-state index in [-0.39, 0.29) is 24.4 Å². The summed E-state index contributed by atoms with van der Waals surface area (Å²) in [4.78, 5) is 40.7. The Kier molecular flexibility index (Phi) is 5.40. The minimum absolute atomic E-state index is 0.0221. The fourth-order valence-corrected chi connectivity index (χ4v) is 5.10. The minimum Gasteiger partial charge on any atom is -0.463 e. The molecule has 0 bridgehead atoms. The first-order valence-corrected chi connectivity index (χ1v) is 11.7. The number of hydrogen-bond acceptors (Lipinski definition) is 6.